The molecule has 1 aliphatic heterocycles. The Morgan fingerprint density at radius 1 is 0.846 bits per heavy atom. The van der Waals surface area contributed by atoms with Gasteiger partial charge < -0.3 is 28.8 Å². The van der Waals surface area contributed by atoms with Crippen molar-refractivity contribution in [3.63, 3.8) is 0 Å². The predicted octanol–water partition coefficient (Wildman–Crippen LogP) is 5.19. The monoisotopic (exact) mass is 557 g/mol. The van der Waals surface area contributed by atoms with E-state index in [9.17, 15) is 4.79 Å². The second kappa shape index (κ2) is 14.0. The highest BCUT2D eigenvalue weighted by Crippen LogP contribution is 2.44. The zero-order valence-corrected chi connectivity index (χ0v) is 23.6. The molecule has 0 saturated heterocycles. The Bertz CT molecular complexity index is 1250. The van der Waals surface area contributed by atoms with Crippen LogP contribution in [0, 0.1) is 0 Å². The fourth-order valence-corrected chi connectivity index (χ4v) is 4.93. The summed E-state index contributed by atoms with van der Waals surface area (Å²) in [5.41, 5.74) is 4.35. The van der Waals surface area contributed by atoms with E-state index >= 15 is 0 Å². The summed E-state index contributed by atoms with van der Waals surface area (Å²) in [5, 5.41) is 8.89. The molecule has 1 N–H and O–H groups in total. The maximum atomic E-state index is 10.8. The van der Waals surface area contributed by atoms with Gasteiger partial charge in [-0.3, -0.25) is 9.69 Å². The molecule has 0 amide bonds. The van der Waals surface area contributed by atoms with Gasteiger partial charge in [0.25, 0.3) is 0 Å². The van der Waals surface area contributed by atoms with Crippen LogP contribution in [-0.2, 0) is 17.6 Å². The highest BCUT2D eigenvalue weighted by atomic mass is 35.5. The van der Waals surface area contributed by atoms with Crippen LogP contribution in [0.2, 0.25) is 0 Å². The van der Waals surface area contributed by atoms with E-state index in [0.29, 0.717) is 25.3 Å². The van der Waals surface area contributed by atoms with Crippen molar-refractivity contribution in [2.75, 3.05) is 48.1 Å². The number of carboxylic acid groups (broad SMARTS) is 1. The number of nitrogens with zero attached hydrogens (tertiary/aromatic N) is 1. The number of methoxy groups -OCH3 is 4. The van der Waals surface area contributed by atoms with Crippen molar-refractivity contribution >= 4 is 18.4 Å². The lowest BCUT2D eigenvalue weighted by molar-refractivity contribution is -0.136. The average Bonchev–Trinajstić information content (AvgIpc) is 2.95. The molecule has 1 aliphatic rings. The van der Waals surface area contributed by atoms with Crippen LogP contribution in [-0.4, -0.2) is 64.1 Å². The highest BCUT2D eigenvalue weighted by molar-refractivity contribution is 5.85. The summed E-state index contributed by atoms with van der Waals surface area (Å²) >= 11 is 0. The molecular weight excluding hydrogens is 522 g/mol. The smallest absolute Gasteiger partial charge is 0.303 e. The van der Waals surface area contributed by atoms with E-state index < -0.39 is 5.97 Å². The minimum Gasteiger partial charge on any atom is -0.497 e. The fourth-order valence-electron chi connectivity index (χ4n) is 4.93. The lowest BCUT2D eigenvalue weighted by atomic mass is 9.87. The van der Waals surface area contributed by atoms with Gasteiger partial charge in [-0.2, -0.15) is 0 Å². The SMILES string of the molecule is COc1ccc(C2c3cc(OC)c(OC)cc3CCN2CCOc2ccc(CCC(=O)O)cc2)c(OC)c1.Cl. The van der Waals surface area contributed by atoms with Crippen molar-refractivity contribution in [2.24, 2.45) is 0 Å². The summed E-state index contributed by atoms with van der Waals surface area (Å²) < 4.78 is 28.5. The predicted molar refractivity (Wildman–Crippen MR) is 151 cm³/mol. The number of rotatable bonds is 12. The van der Waals surface area contributed by atoms with Crippen LogP contribution in [0.4, 0.5) is 0 Å². The van der Waals surface area contributed by atoms with E-state index in [0.717, 1.165) is 52.7 Å². The second-order valence-corrected chi connectivity index (χ2v) is 9.09. The zero-order valence-electron chi connectivity index (χ0n) is 22.8. The van der Waals surface area contributed by atoms with Crippen LogP contribution in [0.1, 0.15) is 34.7 Å². The molecule has 1 heterocycles. The van der Waals surface area contributed by atoms with Crippen LogP contribution in [0.3, 0.4) is 0 Å². The average molecular weight is 558 g/mol. The Morgan fingerprint density at radius 3 is 2.15 bits per heavy atom. The van der Waals surface area contributed by atoms with Crippen LogP contribution in [0.5, 0.6) is 28.7 Å². The van der Waals surface area contributed by atoms with E-state index in [4.69, 9.17) is 28.8 Å². The molecule has 0 bridgehead atoms. The lowest BCUT2D eigenvalue weighted by Gasteiger charge is -2.38. The molecule has 9 heteroatoms. The Balaban J connectivity index is 0.00000420. The summed E-state index contributed by atoms with van der Waals surface area (Å²) in [6.45, 7) is 2.01. The lowest BCUT2D eigenvalue weighted by Crippen LogP contribution is -2.39. The molecule has 3 aromatic rings. The summed E-state index contributed by atoms with van der Waals surface area (Å²) in [6.07, 6.45) is 1.48. The van der Waals surface area contributed by atoms with Gasteiger partial charge in [0.1, 0.15) is 23.9 Å². The van der Waals surface area contributed by atoms with Crippen LogP contribution >= 0.6 is 12.4 Å². The Hall–Kier alpha value is -3.62. The Kier molecular flexibility index (Phi) is 10.7. The minimum atomic E-state index is -0.799. The molecule has 210 valence electrons. The van der Waals surface area contributed by atoms with E-state index in [1.165, 1.54) is 5.56 Å². The van der Waals surface area contributed by atoms with Crippen LogP contribution in [0.25, 0.3) is 0 Å². The normalized spacial score (nSPS) is 14.5. The molecular formula is C30H36ClNO7. The molecule has 0 spiro atoms. The number of benzene rings is 3. The van der Waals surface area contributed by atoms with Crippen LogP contribution in [0.15, 0.2) is 54.6 Å². The molecule has 39 heavy (non-hydrogen) atoms. The number of hydrogen-bond donors (Lipinski definition) is 1. The first-order chi connectivity index (χ1) is 18.5. The first-order valence-electron chi connectivity index (χ1n) is 12.6. The molecule has 3 aromatic carbocycles. The topological polar surface area (TPSA) is 86.7 Å². The van der Waals surface area contributed by atoms with Crippen molar-refractivity contribution in [3.8, 4) is 28.7 Å². The maximum Gasteiger partial charge on any atom is 0.303 e. The number of ether oxygens (including phenoxy) is 5. The maximum absolute atomic E-state index is 10.8. The zero-order chi connectivity index (χ0) is 27.1. The van der Waals surface area contributed by atoms with Crippen molar-refractivity contribution in [1.82, 2.24) is 4.90 Å². The van der Waals surface area contributed by atoms with Gasteiger partial charge in [-0.15, -0.1) is 12.4 Å². The van der Waals surface area contributed by atoms with Gasteiger partial charge in [0.15, 0.2) is 11.5 Å². The van der Waals surface area contributed by atoms with Crippen molar-refractivity contribution in [2.45, 2.75) is 25.3 Å². The summed E-state index contributed by atoms with van der Waals surface area (Å²) in [7, 11) is 6.61. The quantitative estimate of drug-likeness (QED) is 0.326. The number of carbonyl (C=O) groups is 1. The summed E-state index contributed by atoms with van der Waals surface area (Å²) in [6, 6.07) is 17.6. The number of halogens is 1. The van der Waals surface area contributed by atoms with Gasteiger partial charge in [0, 0.05) is 31.1 Å². The number of carboxylic acids is 1. The minimum absolute atomic E-state index is 0. The largest absolute Gasteiger partial charge is 0.497 e. The first kappa shape index (κ1) is 29.9. The Labute approximate surface area is 235 Å². The third kappa shape index (κ3) is 7.07. The number of aryl methyl sites for hydroxylation is 1. The molecule has 8 nitrogen and oxygen atoms in total. The van der Waals surface area contributed by atoms with Gasteiger partial charge in [-0.05, 0) is 65.9 Å². The standard InChI is InChI=1S/C30H35NO7.ClH/c1-34-23-10-11-24(26(18-23)35-2)30-25-19-28(37-4)27(36-3)17-21(25)13-14-31(30)15-16-38-22-8-5-20(6-9-22)7-12-29(32)33;/h5-6,8-11,17-19,30H,7,12-16H2,1-4H3,(H,32,33);1H. The molecule has 4 rings (SSSR count). The third-order valence-electron chi connectivity index (χ3n) is 6.91. The number of fused-ring (bicyclic) bond motifs is 1. The van der Waals surface area contributed by atoms with Gasteiger partial charge >= 0.3 is 5.97 Å². The van der Waals surface area contributed by atoms with Crippen molar-refractivity contribution in [1.29, 1.82) is 0 Å². The van der Waals surface area contributed by atoms with Gasteiger partial charge in [0.05, 0.1) is 34.5 Å². The molecule has 0 radical (unpaired) electrons. The highest BCUT2D eigenvalue weighted by Gasteiger charge is 2.32. The third-order valence-corrected chi connectivity index (χ3v) is 6.91. The van der Waals surface area contributed by atoms with Gasteiger partial charge in [0.2, 0.25) is 0 Å². The molecule has 0 fully saturated rings. The molecule has 1 atom stereocenters. The fraction of sp³-hybridized carbons (Fsp3) is 0.367. The molecule has 0 saturated carbocycles. The van der Waals surface area contributed by atoms with Gasteiger partial charge in [-0.25, -0.2) is 0 Å². The van der Waals surface area contributed by atoms with Crippen molar-refractivity contribution in [3.05, 3.63) is 76.9 Å². The molecule has 1 unspecified atom stereocenters. The molecule has 0 aliphatic carbocycles. The van der Waals surface area contributed by atoms with E-state index in [1.807, 2.05) is 36.4 Å². The Morgan fingerprint density at radius 2 is 1.51 bits per heavy atom. The number of aliphatic carboxylic acids is 1. The van der Waals surface area contributed by atoms with Gasteiger partial charge in [-0.1, -0.05) is 12.1 Å². The van der Waals surface area contributed by atoms with Crippen LogP contribution < -0.4 is 23.7 Å². The van der Waals surface area contributed by atoms with E-state index in [2.05, 4.69) is 23.1 Å². The second-order valence-electron chi connectivity index (χ2n) is 9.09. The van der Waals surface area contributed by atoms with E-state index in [-0.39, 0.29) is 24.9 Å². The number of hydrogen-bond acceptors (Lipinski definition) is 7. The summed E-state index contributed by atoms with van der Waals surface area (Å²) in [5.74, 6) is 2.84. The van der Waals surface area contributed by atoms with E-state index in [1.54, 1.807) is 28.4 Å². The first-order valence-corrected chi connectivity index (χ1v) is 12.6. The summed E-state index contributed by atoms with van der Waals surface area (Å²) in [4.78, 5) is 13.2. The van der Waals surface area contributed by atoms with Crippen molar-refractivity contribution < 1.29 is 33.6 Å². The molecule has 0 aromatic heterocycles.